The van der Waals surface area contributed by atoms with Gasteiger partial charge in [-0.1, -0.05) is 42.4 Å². The molecule has 4 atom stereocenters. The molecule has 34 heavy (non-hydrogen) atoms. The van der Waals surface area contributed by atoms with Crippen LogP contribution in [0.3, 0.4) is 0 Å². The number of rotatable bonds is 8. The molecule has 1 aromatic heterocycles. The van der Waals surface area contributed by atoms with Gasteiger partial charge in [0.15, 0.2) is 5.79 Å². The molecule has 0 saturated carbocycles. The summed E-state index contributed by atoms with van der Waals surface area (Å²) in [6, 6.07) is 8.90. The van der Waals surface area contributed by atoms with Crippen LogP contribution in [0.15, 0.2) is 47.6 Å². The van der Waals surface area contributed by atoms with E-state index in [9.17, 15) is 13.5 Å². The van der Waals surface area contributed by atoms with Gasteiger partial charge >= 0.3 is 0 Å². The molecule has 0 aliphatic carbocycles. The molecule has 10 nitrogen and oxygen atoms in total. The second-order valence-corrected chi connectivity index (χ2v) is 11.5. The number of aliphatic hydroxyl groups excluding tert-OH is 1. The monoisotopic (exact) mass is 492 g/mol. The topological polar surface area (TPSA) is 126 Å². The average Bonchev–Trinajstić information content (AvgIpc) is 3.30. The Hall–Kier alpha value is -2.18. The van der Waals surface area contributed by atoms with Crippen LogP contribution < -0.4 is 0 Å². The molecular formula is C23H32N4O6S. The fraction of sp³-hybridized carbons (Fsp3) is 0.609. The van der Waals surface area contributed by atoms with Crippen LogP contribution in [0.25, 0.3) is 5.69 Å². The number of benzene rings is 1. The molecule has 2 fully saturated rings. The lowest BCUT2D eigenvalue weighted by Gasteiger charge is -2.54. The highest BCUT2D eigenvalue weighted by atomic mass is 32.2. The maximum atomic E-state index is 12.9. The zero-order valence-corrected chi connectivity index (χ0v) is 20.5. The number of fused-ring (bicyclic) bond motifs is 1. The van der Waals surface area contributed by atoms with E-state index in [1.807, 2.05) is 32.1 Å². The first-order chi connectivity index (χ1) is 16.1. The van der Waals surface area contributed by atoms with Gasteiger partial charge in [-0.05, 0) is 49.2 Å². The van der Waals surface area contributed by atoms with Crippen molar-refractivity contribution in [1.82, 2.24) is 20.2 Å². The SMILES string of the molecule is CC1(C)OC[C@@]2(C)[C@H](CCO)O[C@H](/C=C/CCS(=O)(=O)c3nnnn3-c3ccccc3)C[C@H]2O1. The molecule has 2 saturated heterocycles. The first-order valence-corrected chi connectivity index (χ1v) is 13.1. The number of sulfone groups is 1. The van der Waals surface area contributed by atoms with Gasteiger partial charge in [0.2, 0.25) is 9.84 Å². The molecule has 2 aliphatic heterocycles. The van der Waals surface area contributed by atoms with E-state index in [1.165, 1.54) is 4.68 Å². The summed E-state index contributed by atoms with van der Waals surface area (Å²) in [7, 11) is -3.70. The third-order valence-electron chi connectivity index (χ3n) is 6.43. The maximum Gasteiger partial charge on any atom is 0.272 e. The van der Waals surface area contributed by atoms with E-state index in [0.717, 1.165) is 0 Å². The molecule has 0 bridgehead atoms. The fourth-order valence-corrected chi connectivity index (χ4v) is 5.68. The number of hydrogen-bond acceptors (Lipinski definition) is 9. The summed E-state index contributed by atoms with van der Waals surface area (Å²) in [5, 5.41) is 20.5. The third-order valence-corrected chi connectivity index (χ3v) is 8.01. The van der Waals surface area contributed by atoms with Gasteiger partial charge < -0.3 is 19.3 Å². The molecule has 2 aliphatic rings. The van der Waals surface area contributed by atoms with Gasteiger partial charge in [-0.25, -0.2) is 8.42 Å². The number of aromatic nitrogens is 4. The van der Waals surface area contributed by atoms with Crippen LogP contribution in [0.1, 0.15) is 40.0 Å². The highest BCUT2D eigenvalue weighted by Crippen LogP contribution is 2.46. The summed E-state index contributed by atoms with van der Waals surface area (Å²) < 4.78 is 45.4. The van der Waals surface area contributed by atoms with E-state index in [4.69, 9.17) is 14.2 Å². The molecule has 1 N–H and O–H groups in total. The summed E-state index contributed by atoms with van der Waals surface area (Å²) in [5.74, 6) is -0.821. The number of tetrazole rings is 1. The Morgan fingerprint density at radius 1 is 1.24 bits per heavy atom. The summed E-state index contributed by atoms with van der Waals surface area (Å²) in [6.07, 6.45) is 4.48. The van der Waals surface area contributed by atoms with Gasteiger partial charge in [0.05, 0.1) is 36.4 Å². The molecule has 1 aromatic carbocycles. The Morgan fingerprint density at radius 2 is 2.00 bits per heavy atom. The van der Waals surface area contributed by atoms with Crippen LogP contribution in [0.4, 0.5) is 0 Å². The van der Waals surface area contributed by atoms with Crippen molar-refractivity contribution in [2.45, 2.75) is 69.3 Å². The first kappa shape index (κ1) is 24.9. The zero-order valence-electron chi connectivity index (χ0n) is 19.7. The largest absolute Gasteiger partial charge is 0.396 e. The van der Waals surface area contributed by atoms with Gasteiger partial charge in [0.25, 0.3) is 5.16 Å². The predicted molar refractivity (Wildman–Crippen MR) is 123 cm³/mol. The van der Waals surface area contributed by atoms with Crippen LogP contribution in [-0.2, 0) is 24.0 Å². The van der Waals surface area contributed by atoms with Crippen LogP contribution >= 0.6 is 0 Å². The fourth-order valence-electron chi connectivity index (χ4n) is 4.49. The van der Waals surface area contributed by atoms with Gasteiger partial charge in [-0.2, -0.15) is 4.68 Å². The van der Waals surface area contributed by atoms with Crippen LogP contribution in [0.5, 0.6) is 0 Å². The van der Waals surface area contributed by atoms with Crippen molar-refractivity contribution < 1.29 is 27.7 Å². The molecule has 0 spiro atoms. The van der Waals surface area contributed by atoms with E-state index in [-0.39, 0.29) is 47.7 Å². The Labute approximate surface area is 199 Å². The van der Waals surface area contributed by atoms with Gasteiger partial charge in [0, 0.05) is 18.4 Å². The minimum atomic E-state index is -3.70. The Balaban J connectivity index is 1.41. The van der Waals surface area contributed by atoms with Crippen molar-refractivity contribution in [3.05, 3.63) is 42.5 Å². The van der Waals surface area contributed by atoms with Gasteiger partial charge in [-0.3, -0.25) is 0 Å². The van der Waals surface area contributed by atoms with Crippen LogP contribution in [0.2, 0.25) is 0 Å². The number of nitrogens with zero attached hydrogens (tertiary/aromatic N) is 4. The van der Waals surface area contributed by atoms with E-state index < -0.39 is 15.6 Å². The normalized spacial score (nSPS) is 29.2. The summed E-state index contributed by atoms with van der Waals surface area (Å²) >= 11 is 0. The van der Waals surface area contributed by atoms with Crippen molar-refractivity contribution in [2.75, 3.05) is 19.0 Å². The minimum Gasteiger partial charge on any atom is -0.396 e. The van der Waals surface area contributed by atoms with Crippen molar-refractivity contribution in [1.29, 1.82) is 0 Å². The minimum absolute atomic E-state index is 0.00117. The molecular weight excluding hydrogens is 460 g/mol. The summed E-state index contributed by atoms with van der Waals surface area (Å²) in [6.45, 7) is 6.33. The lowest BCUT2D eigenvalue weighted by molar-refractivity contribution is -0.351. The van der Waals surface area contributed by atoms with Crippen molar-refractivity contribution in [3.8, 4) is 5.69 Å². The highest BCUT2D eigenvalue weighted by molar-refractivity contribution is 7.91. The second-order valence-electron chi connectivity index (χ2n) is 9.46. The molecule has 186 valence electrons. The highest BCUT2D eigenvalue weighted by Gasteiger charge is 2.53. The van der Waals surface area contributed by atoms with Crippen molar-refractivity contribution >= 4 is 9.84 Å². The van der Waals surface area contributed by atoms with Gasteiger partial charge in [0.1, 0.15) is 0 Å². The molecule has 11 heteroatoms. The summed E-state index contributed by atoms with van der Waals surface area (Å²) in [4.78, 5) is 0. The number of para-hydroxylation sites is 1. The van der Waals surface area contributed by atoms with Crippen molar-refractivity contribution in [3.63, 3.8) is 0 Å². The quantitative estimate of drug-likeness (QED) is 0.551. The molecule has 0 radical (unpaired) electrons. The third kappa shape index (κ3) is 5.23. The predicted octanol–water partition coefficient (Wildman–Crippen LogP) is 2.08. The zero-order chi connectivity index (χ0) is 24.4. The molecule has 4 rings (SSSR count). The molecule has 0 amide bonds. The van der Waals surface area contributed by atoms with Crippen LogP contribution in [-0.4, -0.2) is 76.8 Å². The number of ether oxygens (including phenoxy) is 3. The first-order valence-electron chi connectivity index (χ1n) is 11.5. The standard InChI is InChI=1S/C23H32N4O6S/c1-22(2)31-16-23(3)19(12-13-28)32-18(15-20(23)33-22)11-7-8-14-34(29,30)21-24-25-26-27(21)17-9-5-4-6-10-17/h4-7,9-11,18-20,28H,8,12-16H2,1-3H3/b11-7+/t18-,19+,20-,23+/m1/s1. The van der Waals surface area contributed by atoms with E-state index >= 15 is 0 Å². The molecule has 3 heterocycles. The number of hydrogen-bond donors (Lipinski definition) is 1. The van der Waals surface area contributed by atoms with E-state index in [1.54, 1.807) is 24.3 Å². The number of allylic oxidation sites excluding steroid dienone is 1. The van der Waals surface area contributed by atoms with E-state index in [2.05, 4.69) is 22.4 Å². The van der Waals surface area contributed by atoms with Gasteiger partial charge in [-0.15, -0.1) is 0 Å². The Morgan fingerprint density at radius 3 is 2.74 bits per heavy atom. The molecule has 2 aromatic rings. The Bertz CT molecular complexity index is 1100. The smallest absolute Gasteiger partial charge is 0.272 e. The average molecular weight is 493 g/mol. The van der Waals surface area contributed by atoms with Crippen molar-refractivity contribution in [2.24, 2.45) is 5.41 Å². The second kappa shape index (κ2) is 9.82. The summed E-state index contributed by atoms with van der Waals surface area (Å²) in [5.41, 5.74) is 0.218. The van der Waals surface area contributed by atoms with E-state index in [0.29, 0.717) is 25.1 Å². The van der Waals surface area contributed by atoms with Crippen LogP contribution in [0, 0.1) is 5.41 Å². The number of aliphatic hydroxyl groups is 1. The lowest BCUT2D eigenvalue weighted by atomic mass is 9.73. The molecule has 0 unspecified atom stereocenters. The lowest BCUT2D eigenvalue weighted by Crippen LogP contribution is -2.61. The maximum absolute atomic E-state index is 12.9. The Kier molecular flexibility index (Phi) is 7.20.